The Hall–Kier alpha value is -0.850. The van der Waals surface area contributed by atoms with Crippen molar-refractivity contribution in [3.8, 4) is 0 Å². The molecule has 15 heavy (non-hydrogen) atoms. The van der Waals surface area contributed by atoms with E-state index in [1.807, 2.05) is 6.08 Å². The van der Waals surface area contributed by atoms with Crippen molar-refractivity contribution in [1.82, 2.24) is 0 Å². The second-order valence-corrected chi connectivity index (χ2v) is 4.53. The van der Waals surface area contributed by atoms with Gasteiger partial charge in [0, 0.05) is 0 Å². The highest BCUT2D eigenvalue weighted by atomic mass is 16.1. The van der Waals surface area contributed by atoms with Crippen molar-refractivity contribution < 1.29 is 4.79 Å². The molecule has 0 N–H and O–H groups in total. The van der Waals surface area contributed by atoms with E-state index in [1.54, 1.807) is 0 Å². The SMILES string of the molecule is CCCCCCC1=CC=C(C=O)C(C)C1. The van der Waals surface area contributed by atoms with Crippen LogP contribution in [-0.2, 0) is 4.79 Å². The molecule has 1 rings (SSSR count). The van der Waals surface area contributed by atoms with Crippen molar-refractivity contribution in [2.75, 3.05) is 0 Å². The molecule has 0 aromatic carbocycles. The van der Waals surface area contributed by atoms with Gasteiger partial charge in [0.2, 0.25) is 0 Å². The van der Waals surface area contributed by atoms with Crippen LogP contribution in [0.2, 0.25) is 0 Å². The van der Waals surface area contributed by atoms with E-state index in [0.29, 0.717) is 5.92 Å². The molecular weight excluding hydrogens is 184 g/mol. The lowest BCUT2D eigenvalue weighted by Crippen LogP contribution is -2.06. The first-order valence-corrected chi connectivity index (χ1v) is 6.12. The summed E-state index contributed by atoms with van der Waals surface area (Å²) < 4.78 is 0. The first kappa shape index (κ1) is 12.2. The monoisotopic (exact) mass is 206 g/mol. The lowest BCUT2D eigenvalue weighted by molar-refractivity contribution is -0.105. The van der Waals surface area contributed by atoms with Gasteiger partial charge in [0.05, 0.1) is 0 Å². The fraction of sp³-hybridized carbons (Fsp3) is 0.643. The maximum absolute atomic E-state index is 10.7. The summed E-state index contributed by atoms with van der Waals surface area (Å²) >= 11 is 0. The first-order chi connectivity index (χ1) is 7.27. The number of hydrogen-bond acceptors (Lipinski definition) is 1. The van der Waals surface area contributed by atoms with Crippen LogP contribution in [0.5, 0.6) is 0 Å². The van der Waals surface area contributed by atoms with Gasteiger partial charge in [-0.2, -0.15) is 0 Å². The van der Waals surface area contributed by atoms with Crippen LogP contribution in [0.3, 0.4) is 0 Å². The van der Waals surface area contributed by atoms with Crippen molar-refractivity contribution in [2.24, 2.45) is 5.92 Å². The molecule has 84 valence electrons. The summed E-state index contributed by atoms with van der Waals surface area (Å²) in [5.41, 5.74) is 2.47. The Morgan fingerprint density at radius 1 is 1.33 bits per heavy atom. The Bertz CT molecular complexity index is 261. The Balaban J connectivity index is 2.34. The van der Waals surface area contributed by atoms with E-state index < -0.39 is 0 Å². The minimum absolute atomic E-state index is 0.425. The van der Waals surface area contributed by atoms with Gasteiger partial charge in [0.1, 0.15) is 6.29 Å². The van der Waals surface area contributed by atoms with Crippen molar-refractivity contribution in [1.29, 1.82) is 0 Å². The van der Waals surface area contributed by atoms with Gasteiger partial charge in [-0.1, -0.05) is 50.8 Å². The summed E-state index contributed by atoms with van der Waals surface area (Å²) in [5.74, 6) is 0.425. The number of carbonyl (C=O) groups is 1. The van der Waals surface area contributed by atoms with Gasteiger partial charge >= 0.3 is 0 Å². The maximum atomic E-state index is 10.7. The highest BCUT2D eigenvalue weighted by Crippen LogP contribution is 2.26. The largest absolute Gasteiger partial charge is 0.298 e. The number of allylic oxidation sites excluding steroid dienone is 4. The molecule has 1 nitrogen and oxygen atoms in total. The van der Waals surface area contributed by atoms with Gasteiger partial charge in [-0.05, 0) is 30.8 Å². The zero-order chi connectivity index (χ0) is 11.1. The molecule has 0 amide bonds. The molecular formula is C14H22O. The van der Waals surface area contributed by atoms with Crippen LogP contribution in [0.4, 0.5) is 0 Å². The van der Waals surface area contributed by atoms with E-state index in [2.05, 4.69) is 19.9 Å². The molecule has 0 fully saturated rings. The minimum atomic E-state index is 0.425. The highest BCUT2D eigenvalue weighted by Gasteiger charge is 2.13. The Kier molecular flexibility index (Phi) is 5.38. The molecule has 0 heterocycles. The number of carbonyl (C=O) groups excluding carboxylic acids is 1. The molecule has 0 aliphatic heterocycles. The summed E-state index contributed by atoms with van der Waals surface area (Å²) in [5, 5.41) is 0. The van der Waals surface area contributed by atoms with E-state index in [0.717, 1.165) is 18.3 Å². The third-order valence-corrected chi connectivity index (χ3v) is 3.14. The third-order valence-electron chi connectivity index (χ3n) is 3.14. The molecule has 0 bridgehead atoms. The van der Waals surface area contributed by atoms with Crippen LogP contribution in [0, 0.1) is 5.92 Å². The maximum Gasteiger partial charge on any atom is 0.146 e. The molecule has 0 spiro atoms. The predicted octanol–water partition coefficient (Wildman–Crippen LogP) is 4.05. The van der Waals surface area contributed by atoms with Crippen LogP contribution >= 0.6 is 0 Å². The van der Waals surface area contributed by atoms with Gasteiger partial charge in [-0.15, -0.1) is 0 Å². The molecule has 0 radical (unpaired) electrons. The van der Waals surface area contributed by atoms with Crippen LogP contribution in [0.25, 0.3) is 0 Å². The zero-order valence-corrected chi connectivity index (χ0v) is 9.96. The van der Waals surface area contributed by atoms with Gasteiger partial charge < -0.3 is 0 Å². The van der Waals surface area contributed by atoms with Crippen LogP contribution in [-0.4, -0.2) is 6.29 Å². The first-order valence-electron chi connectivity index (χ1n) is 6.12. The lowest BCUT2D eigenvalue weighted by atomic mass is 9.87. The molecule has 0 saturated heterocycles. The quantitative estimate of drug-likeness (QED) is 0.473. The van der Waals surface area contributed by atoms with E-state index in [9.17, 15) is 4.79 Å². The molecule has 0 saturated carbocycles. The fourth-order valence-electron chi connectivity index (χ4n) is 2.08. The Morgan fingerprint density at radius 3 is 2.73 bits per heavy atom. The second kappa shape index (κ2) is 6.60. The number of hydrogen-bond donors (Lipinski definition) is 0. The smallest absolute Gasteiger partial charge is 0.146 e. The summed E-state index contributed by atoms with van der Waals surface area (Å²) in [6.07, 6.45) is 12.7. The van der Waals surface area contributed by atoms with E-state index in [1.165, 1.54) is 37.7 Å². The fourth-order valence-corrected chi connectivity index (χ4v) is 2.08. The molecule has 1 aliphatic rings. The molecule has 1 unspecified atom stereocenters. The minimum Gasteiger partial charge on any atom is -0.298 e. The number of rotatable bonds is 6. The number of unbranched alkanes of at least 4 members (excludes halogenated alkanes) is 3. The van der Waals surface area contributed by atoms with Crippen LogP contribution in [0.15, 0.2) is 23.3 Å². The normalized spacial score (nSPS) is 20.8. The highest BCUT2D eigenvalue weighted by molar-refractivity contribution is 5.75. The van der Waals surface area contributed by atoms with Gasteiger partial charge in [0.15, 0.2) is 0 Å². The van der Waals surface area contributed by atoms with Crippen molar-refractivity contribution in [3.05, 3.63) is 23.3 Å². The average Bonchev–Trinajstić information content (AvgIpc) is 2.25. The van der Waals surface area contributed by atoms with Gasteiger partial charge in [0.25, 0.3) is 0 Å². The second-order valence-electron chi connectivity index (χ2n) is 4.53. The van der Waals surface area contributed by atoms with Crippen molar-refractivity contribution in [2.45, 2.75) is 52.4 Å². The van der Waals surface area contributed by atoms with Crippen LogP contribution < -0.4 is 0 Å². The van der Waals surface area contributed by atoms with Crippen molar-refractivity contribution in [3.63, 3.8) is 0 Å². The topological polar surface area (TPSA) is 17.1 Å². The standard InChI is InChI=1S/C14H22O/c1-3-4-5-6-7-13-8-9-14(11-15)12(2)10-13/h8-9,11-12H,3-7,10H2,1-2H3. The Labute approximate surface area is 93.3 Å². The van der Waals surface area contributed by atoms with Crippen LogP contribution in [0.1, 0.15) is 52.4 Å². The molecule has 0 aromatic heterocycles. The van der Waals surface area contributed by atoms with Gasteiger partial charge in [-0.25, -0.2) is 0 Å². The molecule has 1 heteroatoms. The van der Waals surface area contributed by atoms with Gasteiger partial charge in [-0.3, -0.25) is 4.79 Å². The zero-order valence-electron chi connectivity index (χ0n) is 9.96. The average molecular weight is 206 g/mol. The van der Waals surface area contributed by atoms with E-state index in [4.69, 9.17) is 0 Å². The third kappa shape index (κ3) is 4.03. The molecule has 1 aliphatic carbocycles. The molecule has 0 aromatic rings. The summed E-state index contributed by atoms with van der Waals surface area (Å²) in [7, 11) is 0. The number of aldehydes is 1. The summed E-state index contributed by atoms with van der Waals surface area (Å²) in [4.78, 5) is 10.7. The Morgan fingerprint density at radius 2 is 2.13 bits per heavy atom. The molecule has 1 atom stereocenters. The van der Waals surface area contributed by atoms with Crippen molar-refractivity contribution >= 4 is 6.29 Å². The summed E-state index contributed by atoms with van der Waals surface area (Å²) in [6, 6.07) is 0. The summed E-state index contributed by atoms with van der Waals surface area (Å²) in [6.45, 7) is 4.38. The lowest BCUT2D eigenvalue weighted by Gasteiger charge is -2.18. The van der Waals surface area contributed by atoms with E-state index in [-0.39, 0.29) is 0 Å². The van der Waals surface area contributed by atoms with E-state index >= 15 is 0 Å². The predicted molar refractivity (Wildman–Crippen MR) is 64.8 cm³/mol.